The monoisotopic (exact) mass is 468 g/mol. The van der Waals surface area contributed by atoms with Gasteiger partial charge in [-0.3, -0.25) is 4.18 Å². The number of ether oxygens (including phenoxy) is 2. The second-order valence-electron chi connectivity index (χ2n) is 7.93. The maximum atomic E-state index is 11.6. The highest BCUT2D eigenvalue weighted by molar-refractivity contribution is 7.85. The van der Waals surface area contributed by atoms with Crippen LogP contribution in [-0.4, -0.2) is 40.6 Å². The van der Waals surface area contributed by atoms with Crippen LogP contribution < -0.4 is 0 Å². The van der Waals surface area contributed by atoms with Crippen molar-refractivity contribution in [2.24, 2.45) is 0 Å². The summed E-state index contributed by atoms with van der Waals surface area (Å²) in [6.45, 7) is 2.63. The lowest BCUT2D eigenvalue weighted by Gasteiger charge is -2.37. The van der Waals surface area contributed by atoms with Crippen LogP contribution in [0, 0.1) is 0 Å². The first kappa shape index (κ1) is 25.1. The van der Waals surface area contributed by atoms with Crippen LogP contribution in [0.15, 0.2) is 91.0 Å². The standard InChI is InChI=1S/C27H32O5S/c1-3-4-20-30-26(22-32-33(2,28)29)21-31-27(23-14-8-5-9-15-23,24-16-10-6-11-17-24)25-18-12-7-13-19-25/h5-19,26H,3-4,20-22H2,1-2H3. The summed E-state index contributed by atoms with van der Waals surface area (Å²) >= 11 is 0. The Kier molecular flexibility index (Phi) is 9.21. The molecule has 0 radical (unpaired) electrons. The number of benzene rings is 3. The summed E-state index contributed by atoms with van der Waals surface area (Å²) in [6, 6.07) is 30.1. The number of hydrogen-bond donors (Lipinski definition) is 0. The second kappa shape index (κ2) is 12.1. The molecule has 1 atom stereocenters. The Bertz CT molecular complexity index is 957. The van der Waals surface area contributed by atoms with Gasteiger partial charge in [0.2, 0.25) is 0 Å². The molecule has 3 aromatic carbocycles. The Morgan fingerprint density at radius 3 is 1.61 bits per heavy atom. The van der Waals surface area contributed by atoms with Crippen LogP contribution in [0.3, 0.4) is 0 Å². The molecule has 0 amide bonds. The van der Waals surface area contributed by atoms with Crippen LogP contribution >= 0.6 is 0 Å². The molecule has 6 heteroatoms. The van der Waals surface area contributed by atoms with Gasteiger partial charge >= 0.3 is 0 Å². The van der Waals surface area contributed by atoms with Crippen LogP contribution in [0.2, 0.25) is 0 Å². The molecular weight excluding hydrogens is 436 g/mol. The molecule has 0 aromatic heterocycles. The van der Waals surface area contributed by atoms with Crippen LogP contribution in [-0.2, 0) is 29.4 Å². The molecule has 5 nitrogen and oxygen atoms in total. The van der Waals surface area contributed by atoms with Gasteiger partial charge in [-0.2, -0.15) is 8.42 Å². The predicted molar refractivity (Wildman–Crippen MR) is 131 cm³/mol. The summed E-state index contributed by atoms with van der Waals surface area (Å²) in [5.41, 5.74) is 2.01. The molecule has 3 aromatic rings. The van der Waals surface area contributed by atoms with Gasteiger partial charge in [0.05, 0.1) is 19.5 Å². The van der Waals surface area contributed by atoms with Gasteiger partial charge in [-0.15, -0.1) is 0 Å². The highest BCUT2D eigenvalue weighted by Gasteiger charge is 2.38. The largest absolute Gasteiger partial charge is 0.373 e. The molecule has 0 saturated heterocycles. The van der Waals surface area contributed by atoms with Gasteiger partial charge in [-0.1, -0.05) is 104 Å². The normalized spacial score (nSPS) is 13.0. The highest BCUT2D eigenvalue weighted by atomic mass is 32.2. The van der Waals surface area contributed by atoms with E-state index in [4.69, 9.17) is 13.7 Å². The molecule has 176 valence electrons. The second-order valence-corrected chi connectivity index (χ2v) is 9.57. The highest BCUT2D eigenvalue weighted by Crippen LogP contribution is 2.40. The summed E-state index contributed by atoms with van der Waals surface area (Å²) in [5, 5.41) is 0. The van der Waals surface area contributed by atoms with Crippen molar-refractivity contribution in [2.75, 3.05) is 26.1 Å². The SMILES string of the molecule is CCCCOC(COC(c1ccccc1)(c1ccccc1)c1ccccc1)COS(C)(=O)=O. The van der Waals surface area contributed by atoms with E-state index in [0.29, 0.717) is 6.61 Å². The molecule has 0 heterocycles. The van der Waals surface area contributed by atoms with E-state index in [9.17, 15) is 8.42 Å². The van der Waals surface area contributed by atoms with Gasteiger partial charge in [-0.25, -0.2) is 0 Å². The van der Waals surface area contributed by atoms with Crippen molar-refractivity contribution in [3.05, 3.63) is 108 Å². The van der Waals surface area contributed by atoms with Crippen molar-refractivity contribution in [3.8, 4) is 0 Å². The summed E-state index contributed by atoms with van der Waals surface area (Å²) in [4.78, 5) is 0. The lowest BCUT2D eigenvalue weighted by atomic mass is 9.80. The fourth-order valence-corrected chi connectivity index (χ4v) is 4.12. The molecule has 0 aliphatic heterocycles. The van der Waals surface area contributed by atoms with Crippen LogP contribution in [0.1, 0.15) is 36.5 Å². The van der Waals surface area contributed by atoms with Crippen molar-refractivity contribution in [1.82, 2.24) is 0 Å². The Morgan fingerprint density at radius 2 is 1.21 bits per heavy atom. The Hall–Kier alpha value is -2.51. The van der Waals surface area contributed by atoms with Crippen LogP contribution in [0.4, 0.5) is 0 Å². The first-order chi connectivity index (χ1) is 16.0. The number of unbranched alkanes of at least 4 members (excludes halogenated alkanes) is 1. The fourth-order valence-electron chi connectivity index (χ4n) is 3.72. The van der Waals surface area contributed by atoms with E-state index in [1.807, 2.05) is 91.0 Å². The Morgan fingerprint density at radius 1 is 0.758 bits per heavy atom. The van der Waals surface area contributed by atoms with Gasteiger partial charge in [0, 0.05) is 6.61 Å². The van der Waals surface area contributed by atoms with Crippen molar-refractivity contribution in [2.45, 2.75) is 31.5 Å². The topological polar surface area (TPSA) is 61.8 Å². The molecule has 33 heavy (non-hydrogen) atoms. The summed E-state index contributed by atoms with van der Waals surface area (Å²) < 4.78 is 41.0. The van der Waals surface area contributed by atoms with Gasteiger partial charge in [0.25, 0.3) is 10.1 Å². The van der Waals surface area contributed by atoms with Gasteiger partial charge in [-0.05, 0) is 23.1 Å². The van der Waals surface area contributed by atoms with Crippen molar-refractivity contribution in [1.29, 1.82) is 0 Å². The third-order valence-electron chi connectivity index (χ3n) is 5.35. The maximum Gasteiger partial charge on any atom is 0.264 e. The summed E-state index contributed by atoms with van der Waals surface area (Å²) in [6.07, 6.45) is 2.35. The zero-order valence-electron chi connectivity index (χ0n) is 19.2. The molecule has 0 spiro atoms. The zero-order chi connectivity index (χ0) is 23.6. The first-order valence-electron chi connectivity index (χ1n) is 11.2. The molecule has 0 bridgehead atoms. The fraction of sp³-hybridized carbons (Fsp3) is 0.333. The average Bonchev–Trinajstić information content (AvgIpc) is 2.84. The van der Waals surface area contributed by atoms with Crippen LogP contribution in [0.5, 0.6) is 0 Å². The lowest BCUT2D eigenvalue weighted by molar-refractivity contribution is -0.0772. The quantitative estimate of drug-likeness (QED) is 0.197. The smallest absolute Gasteiger partial charge is 0.264 e. The predicted octanol–water partition coefficient (Wildman–Crippen LogP) is 5.16. The molecule has 0 N–H and O–H groups in total. The van der Waals surface area contributed by atoms with E-state index in [2.05, 4.69) is 6.92 Å². The minimum atomic E-state index is -3.60. The molecular formula is C27H32O5S. The molecule has 1 unspecified atom stereocenters. The molecule has 0 saturated carbocycles. The van der Waals surface area contributed by atoms with E-state index >= 15 is 0 Å². The van der Waals surface area contributed by atoms with E-state index in [1.165, 1.54) is 0 Å². The zero-order valence-corrected chi connectivity index (χ0v) is 20.0. The summed E-state index contributed by atoms with van der Waals surface area (Å²) in [5.74, 6) is 0. The average molecular weight is 469 g/mol. The molecule has 3 rings (SSSR count). The van der Waals surface area contributed by atoms with Crippen LogP contribution in [0.25, 0.3) is 0 Å². The van der Waals surface area contributed by atoms with Gasteiger partial charge in [0.1, 0.15) is 11.7 Å². The summed E-state index contributed by atoms with van der Waals surface area (Å²) in [7, 11) is -3.60. The Balaban J connectivity index is 2.01. The third-order valence-corrected chi connectivity index (χ3v) is 5.91. The Labute approximate surface area is 197 Å². The number of rotatable bonds is 13. The molecule has 0 fully saturated rings. The van der Waals surface area contributed by atoms with E-state index < -0.39 is 21.8 Å². The maximum absolute atomic E-state index is 11.6. The van der Waals surface area contributed by atoms with Crippen molar-refractivity contribution in [3.63, 3.8) is 0 Å². The number of hydrogen-bond acceptors (Lipinski definition) is 5. The van der Waals surface area contributed by atoms with E-state index in [1.54, 1.807) is 0 Å². The van der Waals surface area contributed by atoms with Crippen molar-refractivity contribution < 1.29 is 22.1 Å². The van der Waals surface area contributed by atoms with Crippen molar-refractivity contribution >= 4 is 10.1 Å². The molecule has 0 aliphatic carbocycles. The lowest BCUT2D eigenvalue weighted by Crippen LogP contribution is -2.38. The third kappa shape index (κ3) is 6.98. The van der Waals surface area contributed by atoms with Gasteiger partial charge < -0.3 is 9.47 Å². The minimum absolute atomic E-state index is 0.100. The molecule has 0 aliphatic rings. The first-order valence-corrected chi connectivity index (χ1v) is 13.0. The van der Waals surface area contributed by atoms with Gasteiger partial charge in [0.15, 0.2) is 0 Å². The minimum Gasteiger partial charge on any atom is -0.373 e. The van der Waals surface area contributed by atoms with E-state index in [0.717, 1.165) is 35.8 Å². The van der Waals surface area contributed by atoms with E-state index in [-0.39, 0.29) is 13.2 Å².